The molecule has 1 heterocycles. The lowest BCUT2D eigenvalue weighted by Crippen LogP contribution is -2.46. The lowest BCUT2D eigenvalue weighted by Gasteiger charge is -2.40. The van der Waals surface area contributed by atoms with E-state index < -0.39 is 11.4 Å². The van der Waals surface area contributed by atoms with E-state index in [4.69, 9.17) is 23.7 Å². The summed E-state index contributed by atoms with van der Waals surface area (Å²) in [6.07, 6.45) is 1.32. The van der Waals surface area contributed by atoms with Gasteiger partial charge in [-0.05, 0) is 56.7 Å². The molecule has 1 amide bonds. The van der Waals surface area contributed by atoms with Crippen LogP contribution in [-0.4, -0.2) is 69.7 Å². The molecule has 1 aliphatic heterocycles. The minimum absolute atomic E-state index is 0.0270. The van der Waals surface area contributed by atoms with E-state index in [0.717, 1.165) is 16.9 Å². The third kappa shape index (κ3) is 7.82. The summed E-state index contributed by atoms with van der Waals surface area (Å²) in [7, 11) is 4.53. The quantitative estimate of drug-likeness (QED) is 0.268. The van der Waals surface area contributed by atoms with Crippen molar-refractivity contribution < 1.29 is 33.3 Å². The molecule has 0 saturated carbocycles. The van der Waals surface area contributed by atoms with Gasteiger partial charge in [-0.15, -0.1) is 0 Å². The Morgan fingerprint density at radius 1 is 1.18 bits per heavy atom. The maximum Gasteiger partial charge on any atom is 0.410 e. The highest BCUT2D eigenvalue weighted by molar-refractivity contribution is 5.68. The van der Waals surface area contributed by atoms with Gasteiger partial charge in [-0.25, -0.2) is 4.79 Å². The van der Waals surface area contributed by atoms with Crippen LogP contribution in [0.4, 0.5) is 4.79 Å². The monoisotopic (exact) mass is 477 g/mol. The molecule has 2 rings (SSSR count). The molecule has 1 aliphatic rings. The summed E-state index contributed by atoms with van der Waals surface area (Å²) >= 11 is 0. The number of rotatable bonds is 11. The van der Waals surface area contributed by atoms with Gasteiger partial charge in [0.2, 0.25) is 5.79 Å². The van der Waals surface area contributed by atoms with Crippen molar-refractivity contribution in [3.05, 3.63) is 42.0 Å². The van der Waals surface area contributed by atoms with Crippen LogP contribution in [0.2, 0.25) is 0 Å². The summed E-state index contributed by atoms with van der Waals surface area (Å²) in [6.45, 7) is 11.5. The molecule has 8 nitrogen and oxygen atoms in total. The molecule has 1 saturated heterocycles. The molecule has 190 valence electrons. The largest absolute Gasteiger partial charge is 0.497 e. The third-order valence-electron chi connectivity index (χ3n) is 6.03. The van der Waals surface area contributed by atoms with Crippen molar-refractivity contribution in [3.8, 4) is 5.75 Å². The van der Waals surface area contributed by atoms with Crippen LogP contribution in [0.25, 0.3) is 0 Å². The highest BCUT2D eigenvalue weighted by atomic mass is 16.7. The molecular formula is C26H39NO7. The Morgan fingerprint density at radius 3 is 2.32 bits per heavy atom. The number of hydrogen-bond donors (Lipinski definition) is 0. The average molecular weight is 478 g/mol. The number of aldehydes is 1. The topological polar surface area (TPSA) is 83.5 Å². The summed E-state index contributed by atoms with van der Waals surface area (Å²) < 4.78 is 27.6. The van der Waals surface area contributed by atoms with Gasteiger partial charge in [0.05, 0.1) is 20.3 Å². The first-order valence-electron chi connectivity index (χ1n) is 11.5. The fourth-order valence-corrected chi connectivity index (χ4v) is 4.12. The highest BCUT2D eigenvalue weighted by Gasteiger charge is 2.39. The molecule has 1 fully saturated rings. The van der Waals surface area contributed by atoms with E-state index in [-0.39, 0.29) is 17.9 Å². The molecule has 1 aromatic rings. The number of ether oxygens (including phenoxy) is 5. The van der Waals surface area contributed by atoms with Crippen molar-refractivity contribution in [2.75, 3.05) is 41.0 Å². The van der Waals surface area contributed by atoms with E-state index in [1.807, 2.05) is 45.0 Å². The van der Waals surface area contributed by atoms with Gasteiger partial charge >= 0.3 is 6.09 Å². The number of likely N-dealkylation sites (tertiary alicyclic amines) is 1. The van der Waals surface area contributed by atoms with Crippen LogP contribution in [0.1, 0.15) is 39.2 Å². The standard InChI is InChI=1S/C26H39NO7/c1-19-15-27(24(29)34-25(2,3)4)13-12-23(19)21(14-26(18-28,31-6)32-7)17-33-16-20-8-10-22(30-5)11-9-20/h8-11,18,21,23H,1,12-17H2,2-7H3/t21-,23-/m1/s1. The molecule has 2 atom stereocenters. The maximum atomic E-state index is 12.5. The van der Waals surface area contributed by atoms with E-state index in [1.165, 1.54) is 14.2 Å². The van der Waals surface area contributed by atoms with Crippen LogP contribution in [0.5, 0.6) is 5.75 Å². The lowest BCUT2D eigenvalue weighted by atomic mass is 9.78. The van der Waals surface area contributed by atoms with Crippen LogP contribution < -0.4 is 4.74 Å². The predicted molar refractivity (Wildman–Crippen MR) is 129 cm³/mol. The fraction of sp³-hybridized carbons (Fsp3) is 0.615. The van der Waals surface area contributed by atoms with Crippen LogP contribution in [0.3, 0.4) is 0 Å². The van der Waals surface area contributed by atoms with Crippen molar-refractivity contribution in [3.63, 3.8) is 0 Å². The van der Waals surface area contributed by atoms with E-state index in [0.29, 0.717) is 45.4 Å². The second kappa shape index (κ2) is 12.3. The minimum Gasteiger partial charge on any atom is -0.497 e. The number of piperidine rings is 1. The van der Waals surface area contributed by atoms with Crippen molar-refractivity contribution in [2.45, 2.75) is 51.6 Å². The predicted octanol–water partition coefficient (Wildman–Crippen LogP) is 4.22. The van der Waals surface area contributed by atoms with E-state index in [1.54, 1.807) is 12.0 Å². The summed E-state index contributed by atoms with van der Waals surface area (Å²) in [5.74, 6) is -0.655. The summed E-state index contributed by atoms with van der Waals surface area (Å²) in [4.78, 5) is 26.0. The number of hydrogen-bond acceptors (Lipinski definition) is 7. The molecule has 1 aromatic carbocycles. The number of benzene rings is 1. The van der Waals surface area contributed by atoms with Crippen LogP contribution in [0, 0.1) is 11.8 Å². The van der Waals surface area contributed by atoms with Crippen molar-refractivity contribution in [2.24, 2.45) is 11.8 Å². The zero-order valence-corrected chi connectivity index (χ0v) is 21.3. The lowest BCUT2D eigenvalue weighted by molar-refractivity contribution is -0.206. The minimum atomic E-state index is -1.36. The Labute approximate surface area is 203 Å². The average Bonchev–Trinajstić information content (AvgIpc) is 2.81. The Morgan fingerprint density at radius 2 is 1.82 bits per heavy atom. The highest BCUT2D eigenvalue weighted by Crippen LogP contribution is 2.35. The first-order valence-corrected chi connectivity index (χ1v) is 11.5. The third-order valence-corrected chi connectivity index (χ3v) is 6.03. The summed E-state index contributed by atoms with van der Waals surface area (Å²) in [6, 6.07) is 7.67. The molecule has 0 unspecified atom stereocenters. The van der Waals surface area contributed by atoms with Gasteiger partial charge in [0, 0.05) is 33.7 Å². The van der Waals surface area contributed by atoms with Crippen molar-refractivity contribution >= 4 is 12.4 Å². The Kier molecular flexibility index (Phi) is 10.1. The number of amides is 1. The number of carbonyl (C=O) groups is 2. The second-order valence-corrected chi connectivity index (χ2v) is 9.62. The van der Waals surface area contributed by atoms with Gasteiger partial charge in [0.15, 0.2) is 6.29 Å². The van der Waals surface area contributed by atoms with Crippen molar-refractivity contribution in [1.29, 1.82) is 0 Å². The SMILES string of the molecule is C=C1CN(C(=O)OC(C)(C)C)CC[C@H]1[C@@H](COCc1ccc(OC)cc1)CC(C=O)(OC)OC. The van der Waals surface area contributed by atoms with Gasteiger partial charge in [-0.2, -0.15) is 0 Å². The summed E-state index contributed by atoms with van der Waals surface area (Å²) in [5.41, 5.74) is 1.34. The molecule has 0 N–H and O–H groups in total. The van der Waals surface area contributed by atoms with Crippen LogP contribution in [0.15, 0.2) is 36.4 Å². The molecule has 0 radical (unpaired) electrons. The van der Waals surface area contributed by atoms with E-state index in [2.05, 4.69) is 6.58 Å². The van der Waals surface area contributed by atoms with Gasteiger partial charge < -0.3 is 28.6 Å². The molecule has 0 spiro atoms. The van der Waals surface area contributed by atoms with Gasteiger partial charge in [-0.1, -0.05) is 24.3 Å². The number of carbonyl (C=O) groups excluding carboxylic acids is 2. The van der Waals surface area contributed by atoms with Gasteiger partial charge in [0.1, 0.15) is 11.4 Å². The number of nitrogens with zero attached hydrogens (tertiary/aromatic N) is 1. The first-order chi connectivity index (χ1) is 16.1. The second-order valence-electron chi connectivity index (χ2n) is 9.62. The molecule has 0 aromatic heterocycles. The van der Waals surface area contributed by atoms with Crippen LogP contribution >= 0.6 is 0 Å². The molecule has 0 aliphatic carbocycles. The van der Waals surface area contributed by atoms with E-state index >= 15 is 0 Å². The van der Waals surface area contributed by atoms with Crippen molar-refractivity contribution in [1.82, 2.24) is 4.90 Å². The molecule has 0 bridgehead atoms. The maximum absolute atomic E-state index is 12.5. The Hall–Kier alpha value is -2.42. The Balaban J connectivity index is 2.09. The van der Waals surface area contributed by atoms with Gasteiger partial charge in [-0.3, -0.25) is 4.79 Å². The zero-order valence-electron chi connectivity index (χ0n) is 21.3. The summed E-state index contributed by atoms with van der Waals surface area (Å²) in [5, 5.41) is 0. The molecule has 34 heavy (non-hydrogen) atoms. The zero-order chi connectivity index (χ0) is 25.4. The molecular weight excluding hydrogens is 438 g/mol. The fourth-order valence-electron chi connectivity index (χ4n) is 4.12. The first kappa shape index (κ1) is 27.8. The smallest absolute Gasteiger partial charge is 0.410 e. The number of methoxy groups -OCH3 is 3. The Bertz CT molecular complexity index is 811. The van der Waals surface area contributed by atoms with Gasteiger partial charge in [0.25, 0.3) is 0 Å². The molecule has 8 heteroatoms. The normalized spacial score (nSPS) is 17.9. The van der Waals surface area contributed by atoms with Crippen LogP contribution in [-0.2, 0) is 30.3 Å². The van der Waals surface area contributed by atoms with E-state index in [9.17, 15) is 9.59 Å².